The molecular weight excluding hydrogens is 311 g/mol. The Bertz CT molecular complexity index is 882. The Morgan fingerprint density at radius 2 is 1.96 bits per heavy atom. The van der Waals surface area contributed by atoms with Gasteiger partial charge in [0.2, 0.25) is 0 Å². The summed E-state index contributed by atoms with van der Waals surface area (Å²) in [6, 6.07) is 5.98. The van der Waals surface area contributed by atoms with E-state index >= 15 is 0 Å². The van der Waals surface area contributed by atoms with Crippen molar-refractivity contribution in [2.24, 2.45) is 5.41 Å². The van der Waals surface area contributed by atoms with Crippen molar-refractivity contribution in [3.05, 3.63) is 53.1 Å². The van der Waals surface area contributed by atoms with Crippen molar-refractivity contribution in [1.82, 2.24) is 9.78 Å². The van der Waals surface area contributed by atoms with Crippen LogP contribution in [0.15, 0.2) is 36.0 Å². The molecule has 1 unspecified atom stereocenters. The number of carboxylic acid groups (broad SMARTS) is 1. The molecular formula is C18H15FN2O3. The Hall–Kier alpha value is -2.76. The molecule has 122 valence electrons. The zero-order chi connectivity index (χ0) is 16.9. The fraction of sp³-hybridized carbons (Fsp3) is 0.278. The Morgan fingerprint density at radius 1 is 1.21 bits per heavy atom. The number of carbonyl (C=O) groups is 2. The first kappa shape index (κ1) is 14.8. The van der Waals surface area contributed by atoms with Crippen LogP contribution >= 0.6 is 0 Å². The molecule has 5 nitrogen and oxygen atoms in total. The number of fused-ring (bicyclic) bond motifs is 2. The number of nitrogens with zero attached hydrogens (tertiary/aromatic N) is 2. The fourth-order valence-corrected chi connectivity index (χ4v) is 3.69. The molecule has 0 saturated heterocycles. The predicted octanol–water partition coefficient (Wildman–Crippen LogP) is 2.77. The summed E-state index contributed by atoms with van der Waals surface area (Å²) in [7, 11) is 0. The van der Waals surface area contributed by atoms with Crippen LogP contribution in [0.2, 0.25) is 0 Å². The minimum Gasteiger partial charge on any atom is -0.481 e. The summed E-state index contributed by atoms with van der Waals surface area (Å²) in [6.07, 6.45) is 4.61. The van der Waals surface area contributed by atoms with E-state index < -0.39 is 11.4 Å². The van der Waals surface area contributed by atoms with Crippen molar-refractivity contribution >= 4 is 17.8 Å². The van der Waals surface area contributed by atoms with Crippen molar-refractivity contribution in [1.29, 1.82) is 0 Å². The number of rotatable bonds is 2. The van der Waals surface area contributed by atoms with E-state index in [0.29, 0.717) is 18.5 Å². The molecule has 4 rings (SSSR count). The summed E-state index contributed by atoms with van der Waals surface area (Å²) in [5, 5.41) is 14.1. The highest BCUT2D eigenvalue weighted by Crippen LogP contribution is 2.47. The molecule has 1 atom stereocenters. The molecule has 1 N–H and O–H groups in total. The zero-order valence-corrected chi connectivity index (χ0v) is 12.8. The SMILES string of the molecule is O=C1CCC2=Cc3c(cnn3-c3ccc(F)cc3)CC2(C(=O)O)C1. The molecule has 0 aliphatic heterocycles. The standard InChI is InChI=1S/C18H15FN2O3/c19-13-2-4-14(5-3-13)21-16-7-12-1-6-15(22)9-18(12,17(23)24)8-11(16)10-20-21/h2-5,7,10H,1,6,8-9H2,(H,23,24). The van der Waals surface area contributed by atoms with Crippen molar-refractivity contribution in [3.63, 3.8) is 0 Å². The third-order valence-corrected chi connectivity index (χ3v) is 4.96. The number of benzene rings is 1. The third-order valence-electron chi connectivity index (χ3n) is 4.96. The van der Waals surface area contributed by atoms with E-state index in [4.69, 9.17) is 0 Å². The summed E-state index contributed by atoms with van der Waals surface area (Å²) >= 11 is 0. The maximum atomic E-state index is 13.1. The van der Waals surface area contributed by atoms with Gasteiger partial charge in [-0.2, -0.15) is 5.10 Å². The first-order chi connectivity index (χ1) is 11.5. The third kappa shape index (κ3) is 2.10. The van der Waals surface area contributed by atoms with Crippen LogP contribution < -0.4 is 0 Å². The van der Waals surface area contributed by atoms with Crippen LogP contribution in [0.4, 0.5) is 4.39 Å². The summed E-state index contributed by atoms with van der Waals surface area (Å²) in [5.41, 5.74) is 1.94. The lowest BCUT2D eigenvalue weighted by molar-refractivity contribution is -0.150. The highest BCUT2D eigenvalue weighted by atomic mass is 19.1. The number of hydrogen-bond donors (Lipinski definition) is 1. The quantitative estimate of drug-likeness (QED) is 0.921. The molecule has 0 bridgehead atoms. The smallest absolute Gasteiger partial charge is 0.314 e. The van der Waals surface area contributed by atoms with Crippen molar-refractivity contribution in [2.75, 3.05) is 0 Å². The van der Waals surface area contributed by atoms with Gasteiger partial charge in [0.05, 0.1) is 17.6 Å². The van der Waals surface area contributed by atoms with E-state index in [1.807, 2.05) is 6.08 Å². The molecule has 6 heteroatoms. The van der Waals surface area contributed by atoms with Gasteiger partial charge in [0.1, 0.15) is 17.0 Å². The second-order valence-electron chi connectivity index (χ2n) is 6.39. The van der Waals surface area contributed by atoms with Gasteiger partial charge in [0.15, 0.2) is 0 Å². The van der Waals surface area contributed by atoms with E-state index in [2.05, 4.69) is 5.10 Å². The fourth-order valence-electron chi connectivity index (χ4n) is 3.69. The lowest BCUT2D eigenvalue weighted by Crippen LogP contribution is -2.42. The lowest BCUT2D eigenvalue weighted by atomic mass is 9.64. The first-order valence-electron chi connectivity index (χ1n) is 7.78. The van der Waals surface area contributed by atoms with Crippen molar-refractivity contribution in [3.8, 4) is 5.69 Å². The summed E-state index contributed by atoms with van der Waals surface area (Å²) < 4.78 is 14.8. The van der Waals surface area contributed by atoms with Gasteiger partial charge < -0.3 is 5.11 Å². The van der Waals surface area contributed by atoms with Crippen LogP contribution in [0.25, 0.3) is 11.8 Å². The Morgan fingerprint density at radius 3 is 2.67 bits per heavy atom. The van der Waals surface area contributed by atoms with Crippen LogP contribution in [-0.4, -0.2) is 26.6 Å². The van der Waals surface area contributed by atoms with Crippen LogP contribution in [-0.2, 0) is 16.0 Å². The van der Waals surface area contributed by atoms with Crippen LogP contribution in [0.1, 0.15) is 30.5 Å². The van der Waals surface area contributed by atoms with Crippen molar-refractivity contribution < 1.29 is 19.1 Å². The number of hydrogen-bond acceptors (Lipinski definition) is 3. The van der Waals surface area contributed by atoms with Gasteiger partial charge >= 0.3 is 5.97 Å². The normalized spacial score (nSPS) is 22.5. The number of halogens is 1. The Kier molecular flexibility index (Phi) is 3.16. The van der Waals surface area contributed by atoms with Gasteiger partial charge in [0, 0.05) is 12.8 Å². The molecule has 0 spiro atoms. The maximum Gasteiger partial charge on any atom is 0.314 e. The summed E-state index contributed by atoms with van der Waals surface area (Å²) in [6.45, 7) is 0. The highest BCUT2D eigenvalue weighted by Gasteiger charge is 2.49. The molecule has 0 amide bonds. The molecule has 1 aromatic heterocycles. The summed E-state index contributed by atoms with van der Waals surface area (Å²) in [4.78, 5) is 23.8. The molecule has 0 radical (unpaired) electrons. The Labute approximate surface area is 137 Å². The minimum absolute atomic E-state index is 0.0103. The van der Waals surface area contributed by atoms with E-state index in [-0.39, 0.29) is 24.4 Å². The molecule has 1 saturated carbocycles. The van der Waals surface area contributed by atoms with Crippen LogP contribution in [0.3, 0.4) is 0 Å². The van der Waals surface area contributed by atoms with Crippen LogP contribution in [0, 0.1) is 11.2 Å². The van der Waals surface area contributed by atoms with E-state index in [1.54, 1.807) is 23.0 Å². The van der Waals surface area contributed by atoms with Gasteiger partial charge in [-0.15, -0.1) is 0 Å². The van der Waals surface area contributed by atoms with Gasteiger partial charge in [-0.1, -0.05) is 0 Å². The molecule has 1 heterocycles. The largest absolute Gasteiger partial charge is 0.481 e. The van der Waals surface area contributed by atoms with Gasteiger partial charge in [-0.05, 0) is 54.3 Å². The van der Waals surface area contributed by atoms with Gasteiger partial charge in [-0.3, -0.25) is 9.59 Å². The monoisotopic (exact) mass is 326 g/mol. The average molecular weight is 326 g/mol. The second-order valence-corrected chi connectivity index (χ2v) is 6.39. The number of carboxylic acids is 1. The van der Waals surface area contributed by atoms with E-state index in [1.165, 1.54) is 12.1 Å². The number of aromatic nitrogens is 2. The van der Waals surface area contributed by atoms with Crippen LogP contribution in [0.5, 0.6) is 0 Å². The van der Waals surface area contributed by atoms with Gasteiger partial charge in [0.25, 0.3) is 0 Å². The first-order valence-corrected chi connectivity index (χ1v) is 7.78. The maximum absolute atomic E-state index is 13.1. The number of ketones is 1. The number of Topliss-reactive ketones (excluding diaryl/α,β-unsaturated/α-hetero) is 1. The predicted molar refractivity (Wildman–Crippen MR) is 84.1 cm³/mol. The van der Waals surface area contributed by atoms with E-state index in [0.717, 1.165) is 16.8 Å². The molecule has 1 aromatic carbocycles. The second kappa shape index (κ2) is 5.12. The molecule has 2 aliphatic carbocycles. The molecule has 1 fully saturated rings. The molecule has 24 heavy (non-hydrogen) atoms. The zero-order valence-electron chi connectivity index (χ0n) is 12.8. The number of carbonyl (C=O) groups excluding carboxylic acids is 1. The highest BCUT2D eigenvalue weighted by molar-refractivity contribution is 5.93. The lowest BCUT2D eigenvalue weighted by Gasteiger charge is -2.37. The summed E-state index contributed by atoms with van der Waals surface area (Å²) in [5.74, 6) is -1.29. The van der Waals surface area contributed by atoms with Crippen molar-refractivity contribution in [2.45, 2.75) is 25.7 Å². The molecule has 2 aliphatic rings. The number of aliphatic carboxylic acids is 1. The average Bonchev–Trinajstić information content (AvgIpc) is 2.95. The van der Waals surface area contributed by atoms with E-state index in [9.17, 15) is 19.1 Å². The Balaban J connectivity index is 1.83. The van der Waals surface area contributed by atoms with Gasteiger partial charge in [-0.25, -0.2) is 9.07 Å². The molecule has 2 aromatic rings. The topological polar surface area (TPSA) is 72.2 Å². The minimum atomic E-state index is -1.14.